The Labute approximate surface area is 238 Å². The van der Waals surface area contributed by atoms with Gasteiger partial charge in [-0.15, -0.1) is 0 Å². The molecule has 1 aliphatic heterocycles. The Bertz CT molecular complexity index is 1210. The summed E-state index contributed by atoms with van der Waals surface area (Å²) in [5.74, 6) is -1.55. The maximum absolute atomic E-state index is 13.9. The van der Waals surface area contributed by atoms with Crippen molar-refractivity contribution in [1.29, 1.82) is 0 Å². The third kappa shape index (κ3) is 7.04. The fourth-order valence-electron chi connectivity index (χ4n) is 5.27. The number of nitrogens with one attached hydrogen (secondary N) is 1. The lowest BCUT2D eigenvalue weighted by molar-refractivity contribution is -0.144. The van der Waals surface area contributed by atoms with Crippen molar-refractivity contribution in [3.63, 3.8) is 0 Å². The minimum Gasteiger partial charge on any atom is -0.352 e. The zero-order valence-electron chi connectivity index (χ0n) is 22.5. The van der Waals surface area contributed by atoms with Crippen LogP contribution in [0.2, 0.25) is 0 Å². The number of carbonyl (C=O) groups is 4. The molecule has 0 aromatic heterocycles. The van der Waals surface area contributed by atoms with Crippen LogP contribution in [0, 0.1) is 11.8 Å². The number of halogens is 1. The van der Waals surface area contributed by atoms with Gasteiger partial charge in [-0.2, -0.15) is 0 Å². The Morgan fingerprint density at radius 1 is 1.00 bits per heavy atom. The molecule has 2 aromatic carbocycles. The van der Waals surface area contributed by atoms with E-state index in [1.807, 2.05) is 80.6 Å². The highest BCUT2D eigenvalue weighted by Crippen LogP contribution is 2.35. The highest BCUT2D eigenvalue weighted by Gasteiger charge is 2.47. The second-order valence-electron chi connectivity index (χ2n) is 10.4. The van der Waals surface area contributed by atoms with Crippen LogP contribution in [0.15, 0.2) is 71.2 Å². The highest BCUT2D eigenvalue weighted by atomic mass is 79.9. The molecule has 0 unspecified atom stereocenters. The highest BCUT2D eigenvalue weighted by molar-refractivity contribution is 9.10. The fraction of sp³-hybridized carbons (Fsp3) is 0.419. The molecule has 0 radical (unpaired) electrons. The van der Waals surface area contributed by atoms with Gasteiger partial charge in [0.25, 0.3) is 0 Å². The largest absolute Gasteiger partial charge is 0.352 e. The van der Waals surface area contributed by atoms with E-state index in [4.69, 9.17) is 0 Å². The second-order valence-corrected chi connectivity index (χ2v) is 11.3. The fourth-order valence-corrected chi connectivity index (χ4v) is 5.71. The number of likely N-dealkylation sites (tertiary alicyclic amines) is 1. The molecule has 4 rings (SSSR count). The quantitative estimate of drug-likeness (QED) is 0.303. The molecular formula is C31H36BrN3O4. The predicted molar refractivity (Wildman–Crippen MR) is 153 cm³/mol. The average Bonchev–Trinajstić information content (AvgIpc) is 3.18. The third-order valence-electron chi connectivity index (χ3n) is 7.66. The molecule has 0 spiro atoms. The van der Waals surface area contributed by atoms with Crippen LogP contribution in [0.25, 0.3) is 0 Å². The molecule has 1 N–H and O–H groups in total. The van der Waals surface area contributed by atoms with Gasteiger partial charge in [0.2, 0.25) is 23.6 Å². The lowest BCUT2D eigenvalue weighted by atomic mass is 9.85. The van der Waals surface area contributed by atoms with E-state index < -0.39 is 6.04 Å². The SMILES string of the molecule is CC[C@@H](C)NC(=O)[C@@H](Cc1ccccc1)N(Cc1cccc(Br)c1)C(=O)CCN1C(=O)[C@H]2CC=CC[C@H]2C1=O. The minimum atomic E-state index is -0.760. The molecule has 0 bridgehead atoms. The Kier molecular flexibility index (Phi) is 9.73. The van der Waals surface area contributed by atoms with Crippen molar-refractivity contribution in [3.05, 3.63) is 82.3 Å². The molecular weight excluding hydrogens is 558 g/mol. The first-order valence-corrected chi connectivity index (χ1v) is 14.5. The second kappa shape index (κ2) is 13.2. The standard InChI is InChI=1S/C31H36BrN3O4/c1-3-21(2)33-29(37)27(19-22-10-5-4-6-11-22)35(20-23-12-9-13-24(32)18-23)28(36)16-17-34-30(38)25-14-7-8-15-26(25)31(34)39/h4-13,18,21,25-27H,3,14-17,19-20H2,1-2H3,(H,33,37)/t21-,25-,26+,27-/m1/s1. The summed E-state index contributed by atoms with van der Waals surface area (Å²) in [6, 6.07) is 16.5. The van der Waals surface area contributed by atoms with Crippen LogP contribution in [-0.2, 0) is 32.1 Å². The molecule has 0 saturated carbocycles. The van der Waals surface area contributed by atoms with Crippen molar-refractivity contribution in [2.24, 2.45) is 11.8 Å². The van der Waals surface area contributed by atoms with Crippen LogP contribution in [0.4, 0.5) is 0 Å². The predicted octanol–water partition coefficient (Wildman–Crippen LogP) is 4.65. The minimum absolute atomic E-state index is 0.0174. The molecule has 1 heterocycles. The first-order valence-electron chi connectivity index (χ1n) is 13.7. The van der Waals surface area contributed by atoms with Gasteiger partial charge in [-0.3, -0.25) is 24.1 Å². The van der Waals surface area contributed by atoms with Gasteiger partial charge in [0.15, 0.2) is 0 Å². The Balaban J connectivity index is 1.59. The van der Waals surface area contributed by atoms with Crippen molar-refractivity contribution in [2.75, 3.05) is 6.54 Å². The number of amides is 4. The van der Waals surface area contributed by atoms with Gasteiger partial charge in [-0.1, -0.05) is 77.5 Å². The van der Waals surface area contributed by atoms with Crippen molar-refractivity contribution in [2.45, 2.75) is 64.6 Å². The summed E-state index contributed by atoms with van der Waals surface area (Å²) in [4.78, 5) is 56.3. The summed E-state index contributed by atoms with van der Waals surface area (Å²) in [6.07, 6.45) is 6.09. The number of rotatable bonds is 11. The van der Waals surface area contributed by atoms with E-state index in [-0.39, 0.29) is 61.0 Å². The lowest BCUT2D eigenvalue weighted by Gasteiger charge is -2.33. The molecule has 1 fully saturated rings. The van der Waals surface area contributed by atoms with Crippen LogP contribution in [-0.4, -0.2) is 52.1 Å². The van der Waals surface area contributed by atoms with Crippen LogP contribution >= 0.6 is 15.9 Å². The van der Waals surface area contributed by atoms with Gasteiger partial charge in [-0.25, -0.2) is 0 Å². The maximum atomic E-state index is 13.9. The molecule has 4 amide bonds. The topological polar surface area (TPSA) is 86.8 Å². The van der Waals surface area contributed by atoms with Crippen LogP contribution in [0.3, 0.4) is 0 Å². The summed E-state index contributed by atoms with van der Waals surface area (Å²) < 4.78 is 0.876. The van der Waals surface area contributed by atoms with Crippen molar-refractivity contribution in [1.82, 2.24) is 15.1 Å². The first-order chi connectivity index (χ1) is 18.8. The molecule has 39 heavy (non-hydrogen) atoms. The maximum Gasteiger partial charge on any atom is 0.243 e. The Morgan fingerprint density at radius 3 is 2.26 bits per heavy atom. The molecule has 206 valence electrons. The monoisotopic (exact) mass is 593 g/mol. The van der Waals surface area contributed by atoms with Crippen molar-refractivity contribution >= 4 is 39.6 Å². The number of hydrogen-bond acceptors (Lipinski definition) is 4. The number of carbonyl (C=O) groups excluding carboxylic acids is 4. The summed E-state index contributed by atoms with van der Waals surface area (Å²) >= 11 is 3.50. The number of benzene rings is 2. The van der Waals surface area contributed by atoms with E-state index in [0.717, 1.165) is 22.0 Å². The van der Waals surface area contributed by atoms with Gasteiger partial charge in [-0.05, 0) is 49.4 Å². The summed E-state index contributed by atoms with van der Waals surface area (Å²) in [5, 5.41) is 3.06. The molecule has 2 aromatic rings. The van der Waals surface area contributed by atoms with E-state index >= 15 is 0 Å². The molecule has 4 atom stereocenters. The number of fused-ring (bicyclic) bond motifs is 1. The number of imide groups is 1. The normalized spacial score (nSPS) is 19.9. The van der Waals surface area contributed by atoms with Gasteiger partial charge >= 0.3 is 0 Å². The van der Waals surface area contributed by atoms with Gasteiger partial charge < -0.3 is 10.2 Å². The smallest absolute Gasteiger partial charge is 0.243 e. The van der Waals surface area contributed by atoms with E-state index in [0.29, 0.717) is 19.3 Å². The molecule has 8 heteroatoms. The van der Waals surface area contributed by atoms with Gasteiger partial charge in [0, 0.05) is 36.4 Å². The lowest BCUT2D eigenvalue weighted by Crippen LogP contribution is -2.52. The van der Waals surface area contributed by atoms with Crippen LogP contribution in [0.1, 0.15) is 50.7 Å². The van der Waals surface area contributed by atoms with Gasteiger partial charge in [0.1, 0.15) is 6.04 Å². The summed E-state index contributed by atoms with van der Waals surface area (Å²) in [6.45, 7) is 4.18. The number of allylic oxidation sites excluding steroid dienone is 2. The first kappa shape index (κ1) is 28.7. The molecule has 2 aliphatic rings. The summed E-state index contributed by atoms with van der Waals surface area (Å²) in [7, 11) is 0. The van der Waals surface area contributed by atoms with Crippen molar-refractivity contribution < 1.29 is 19.2 Å². The summed E-state index contributed by atoms with van der Waals surface area (Å²) in [5.41, 5.74) is 1.81. The third-order valence-corrected chi connectivity index (χ3v) is 8.16. The van der Waals surface area contributed by atoms with Crippen LogP contribution < -0.4 is 5.32 Å². The van der Waals surface area contributed by atoms with E-state index in [1.54, 1.807) is 4.90 Å². The van der Waals surface area contributed by atoms with Crippen LogP contribution in [0.5, 0.6) is 0 Å². The zero-order valence-corrected chi connectivity index (χ0v) is 24.1. The molecule has 1 saturated heterocycles. The molecule has 7 nitrogen and oxygen atoms in total. The number of nitrogens with zero attached hydrogens (tertiary/aromatic N) is 2. The molecule has 1 aliphatic carbocycles. The van der Waals surface area contributed by atoms with E-state index in [2.05, 4.69) is 21.2 Å². The Hall–Kier alpha value is -3.26. The van der Waals surface area contributed by atoms with Gasteiger partial charge in [0.05, 0.1) is 11.8 Å². The van der Waals surface area contributed by atoms with E-state index in [9.17, 15) is 19.2 Å². The van der Waals surface area contributed by atoms with Crippen molar-refractivity contribution in [3.8, 4) is 0 Å². The van der Waals surface area contributed by atoms with E-state index in [1.165, 1.54) is 4.90 Å². The average molecular weight is 595 g/mol. The zero-order chi connectivity index (χ0) is 27.9. The number of hydrogen-bond donors (Lipinski definition) is 1. The Morgan fingerprint density at radius 2 is 1.64 bits per heavy atom.